The molecule has 408 valence electrons. The molecule has 0 aromatic heterocycles. The number of amides is 6. The molecule has 0 bridgehead atoms. The number of aliphatic imine (C=N–C) groups is 1. The van der Waals surface area contributed by atoms with Crippen LogP contribution in [0.3, 0.4) is 0 Å². The minimum absolute atomic E-state index is 0.0273. The largest absolute Gasteiger partial charge is 0.459 e. The summed E-state index contributed by atoms with van der Waals surface area (Å²) >= 11 is 0. The van der Waals surface area contributed by atoms with Gasteiger partial charge in [0.05, 0.1) is 24.7 Å². The van der Waals surface area contributed by atoms with Crippen LogP contribution >= 0.6 is 0 Å². The number of carbonyl (C=O) groups is 7. The number of likely N-dealkylation sites (tertiary alicyclic amines) is 2. The third kappa shape index (κ3) is 19.0. The number of nitrogens with zero attached hydrogens (tertiary/aromatic N) is 3. The number of carbonyl (C=O) groups excluding carboxylic acids is 7. The van der Waals surface area contributed by atoms with Gasteiger partial charge in [0.15, 0.2) is 0 Å². The predicted molar refractivity (Wildman–Crippen MR) is 279 cm³/mol. The van der Waals surface area contributed by atoms with Gasteiger partial charge < -0.3 is 51.0 Å². The summed E-state index contributed by atoms with van der Waals surface area (Å²) in [5.41, 5.74) is 7.52. The van der Waals surface area contributed by atoms with Gasteiger partial charge in [0.2, 0.25) is 35.5 Å². The lowest BCUT2D eigenvalue weighted by molar-refractivity contribution is -0.154. The van der Waals surface area contributed by atoms with E-state index in [1.165, 1.54) is 21.9 Å². The van der Waals surface area contributed by atoms with Gasteiger partial charge in [0, 0.05) is 19.6 Å². The smallest absolute Gasteiger partial charge is 0.408 e. The van der Waals surface area contributed by atoms with Gasteiger partial charge in [-0.15, -0.1) is 0 Å². The molecule has 22 heteroatoms. The van der Waals surface area contributed by atoms with Gasteiger partial charge in [-0.1, -0.05) is 92.2 Å². The number of ether oxygens (including phenoxy) is 3. The zero-order valence-corrected chi connectivity index (χ0v) is 44.5. The first kappa shape index (κ1) is 58.8. The summed E-state index contributed by atoms with van der Waals surface area (Å²) in [6.07, 6.45) is 0.943. The minimum atomic E-state index is -4.07. The Kier molecular flexibility index (Phi) is 22.0. The van der Waals surface area contributed by atoms with Crippen molar-refractivity contribution in [3.05, 3.63) is 102 Å². The molecule has 0 unspecified atom stereocenters. The van der Waals surface area contributed by atoms with Crippen LogP contribution in [-0.2, 0) is 66.2 Å². The van der Waals surface area contributed by atoms with Crippen molar-refractivity contribution in [2.75, 3.05) is 32.8 Å². The molecular formula is C53H73N9O12S. The Morgan fingerprint density at radius 3 is 1.97 bits per heavy atom. The van der Waals surface area contributed by atoms with Gasteiger partial charge in [0.1, 0.15) is 42.4 Å². The average molecular weight is 1060 g/mol. The van der Waals surface area contributed by atoms with E-state index in [0.29, 0.717) is 25.8 Å². The van der Waals surface area contributed by atoms with Gasteiger partial charge in [-0.25, -0.2) is 22.7 Å². The van der Waals surface area contributed by atoms with E-state index in [1.54, 1.807) is 32.9 Å². The quantitative estimate of drug-likeness (QED) is 0.0325. The Morgan fingerprint density at radius 1 is 0.760 bits per heavy atom. The maximum atomic E-state index is 14.5. The number of hydrogen-bond donors (Lipinski definition) is 6. The molecule has 6 amide bonds. The van der Waals surface area contributed by atoms with Crippen LogP contribution in [0, 0.1) is 12.8 Å². The molecule has 2 saturated heterocycles. The van der Waals surface area contributed by atoms with E-state index in [4.69, 9.17) is 19.9 Å². The maximum absolute atomic E-state index is 14.5. The first-order valence-electron chi connectivity index (χ1n) is 25.3. The number of guanidine groups is 1. The van der Waals surface area contributed by atoms with Gasteiger partial charge in [0.25, 0.3) is 10.0 Å². The molecule has 2 heterocycles. The van der Waals surface area contributed by atoms with E-state index in [0.717, 1.165) is 16.7 Å². The molecule has 3 aromatic carbocycles. The highest BCUT2D eigenvalue weighted by Gasteiger charge is 2.40. The summed E-state index contributed by atoms with van der Waals surface area (Å²) in [5, 5.41) is 10.7. The lowest BCUT2D eigenvalue weighted by atomic mass is 10.0. The molecule has 5 atom stereocenters. The fraction of sp³-hybridized carbons (Fsp3) is 0.509. The van der Waals surface area contributed by atoms with Crippen molar-refractivity contribution in [3.8, 4) is 0 Å². The van der Waals surface area contributed by atoms with Crippen molar-refractivity contribution in [1.82, 2.24) is 35.8 Å². The molecule has 75 heavy (non-hydrogen) atoms. The van der Waals surface area contributed by atoms with Crippen molar-refractivity contribution in [2.24, 2.45) is 16.6 Å². The number of nitrogens with one attached hydrogen (secondary N) is 5. The molecule has 2 fully saturated rings. The highest BCUT2D eigenvalue weighted by atomic mass is 32.2. The Hall–Kier alpha value is -7.07. The molecule has 0 aliphatic carbocycles. The molecule has 7 N–H and O–H groups in total. The van der Waals surface area contributed by atoms with Crippen molar-refractivity contribution < 1.29 is 56.2 Å². The summed E-state index contributed by atoms with van der Waals surface area (Å²) in [6, 6.07) is 18.8. The second-order valence-electron chi connectivity index (χ2n) is 20.0. The summed E-state index contributed by atoms with van der Waals surface area (Å²) in [5.74, 6) is -4.27. The van der Waals surface area contributed by atoms with Crippen molar-refractivity contribution in [2.45, 2.75) is 140 Å². The second kappa shape index (κ2) is 28.0. The fourth-order valence-corrected chi connectivity index (χ4v) is 9.42. The van der Waals surface area contributed by atoms with Gasteiger partial charge in [-0.05, 0) is 102 Å². The summed E-state index contributed by atoms with van der Waals surface area (Å²) in [4.78, 5) is 103. The van der Waals surface area contributed by atoms with Crippen molar-refractivity contribution >= 4 is 57.6 Å². The molecule has 3 aromatic rings. The molecule has 5 rings (SSSR count). The average Bonchev–Trinajstić information content (AvgIpc) is 4.07. The highest BCUT2D eigenvalue weighted by molar-refractivity contribution is 7.90. The number of alkyl carbamates (subject to hydrolysis) is 1. The van der Waals surface area contributed by atoms with Crippen LogP contribution in [-0.4, -0.2) is 134 Å². The Labute approximate surface area is 439 Å². The second-order valence-corrected chi connectivity index (χ2v) is 21.7. The first-order chi connectivity index (χ1) is 35.6. The molecule has 21 nitrogen and oxygen atoms in total. The van der Waals surface area contributed by atoms with Crippen molar-refractivity contribution in [1.29, 1.82) is 0 Å². The third-order valence-corrected chi connectivity index (χ3v) is 13.6. The number of nitrogens with two attached hydrogens (primary N) is 1. The monoisotopic (exact) mass is 1060 g/mol. The molecule has 2 aliphatic heterocycles. The van der Waals surface area contributed by atoms with Gasteiger partial charge >= 0.3 is 12.1 Å². The Balaban J connectivity index is 1.29. The lowest BCUT2D eigenvalue weighted by Gasteiger charge is -2.31. The Bertz CT molecular complexity index is 2560. The third-order valence-electron chi connectivity index (χ3n) is 12.2. The number of esters is 1. The summed E-state index contributed by atoms with van der Waals surface area (Å²) < 4.78 is 44.9. The number of sulfonamides is 1. The van der Waals surface area contributed by atoms with Crippen LogP contribution in [0.2, 0.25) is 0 Å². The topological polar surface area (TPSA) is 286 Å². The van der Waals surface area contributed by atoms with Crippen LogP contribution in [0.25, 0.3) is 0 Å². The number of aryl methyl sites for hydroxylation is 1. The van der Waals surface area contributed by atoms with Crippen LogP contribution < -0.4 is 31.7 Å². The van der Waals surface area contributed by atoms with Gasteiger partial charge in [-0.3, -0.25) is 29.0 Å². The molecule has 2 aliphatic rings. The van der Waals surface area contributed by atoms with E-state index in [2.05, 4.69) is 31.0 Å². The van der Waals surface area contributed by atoms with Crippen molar-refractivity contribution in [3.63, 3.8) is 0 Å². The molecular weight excluding hydrogens is 987 g/mol. The zero-order valence-electron chi connectivity index (χ0n) is 43.7. The minimum Gasteiger partial charge on any atom is -0.459 e. The van der Waals surface area contributed by atoms with E-state index in [1.807, 2.05) is 81.4 Å². The Morgan fingerprint density at radius 2 is 1.35 bits per heavy atom. The number of hydrogen-bond acceptors (Lipinski definition) is 13. The van der Waals surface area contributed by atoms with E-state index in [9.17, 15) is 42.0 Å². The summed E-state index contributed by atoms with van der Waals surface area (Å²) in [7, 11) is -4.07. The van der Waals surface area contributed by atoms with E-state index < -0.39 is 99.9 Å². The molecule has 0 saturated carbocycles. The standard InChI is InChI=1S/C53H73N9O12S/c1-35(2)30-41(49(67)62-29-14-21-43(62)48(66)56-31-45(63)61-28-15-22-44(61)50(68)73-33-38-18-11-8-12-19-38)58-46(64)40(20-13-27-55-51(54)60-75(70,71)39-25-23-36(3)24-26-39)57-47(65)42(59-52(69)74-53(4,5)6)34-72-32-37-16-9-7-10-17-37/h7-12,16-19,23-26,35,40-44H,13-15,20-22,27-34H2,1-6H3,(H,56,66)(H,57,65)(H,58,64)(H,59,69)(H3,54,55,60)/t40-,41-,42-,43-,44-/m0/s1. The predicted octanol–water partition coefficient (Wildman–Crippen LogP) is 3.34. The van der Waals surface area contributed by atoms with Crippen LogP contribution in [0.1, 0.15) is 96.3 Å². The number of benzene rings is 3. The first-order valence-corrected chi connectivity index (χ1v) is 26.8. The summed E-state index contributed by atoms with van der Waals surface area (Å²) in [6.45, 7) is 10.3. The van der Waals surface area contributed by atoms with E-state index >= 15 is 0 Å². The highest BCUT2D eigenvalue weighted by Crippen LogP contribution is 2.23. The lowest BCUT2D eigenvalue weighted by Crippen LogP contribution is -2.59. The molecule has 0 spiro atoms. The van der Waals surface area contributed by atoms with E-state index in [-0.39, 0.29) is 69.4 Å². The van der Waals surface area contributed by atoms with Crippen LogP contribution in [0.5, 0.6) is 0 Å². The van der Waals surface area contributed by atoms with Crippen LogP contribution in [0.4, 0.5) is 4.79 Å². The maximum Gasteiger partial charge on any atom is 0.408 e. The van der Waals surface area contributed by atoms with Gasteiger partial charge in [-0.2, -0.15) is 0 Å². The normalized spacial score (nSPS) is 17.1. The SMILES string of the molecule is Cc1ccc(S(=O)(=O)NC(N)=NCCC[C@H](NC(=O)[C@H](COCc2ccccc2)NC(=O)OC(C)(C)C)C(=O)N[C@@H](CC(C)C)C(=O)N2CCC[C@H]2C(=O)NCC(=O)N2CCC[C@H]2C(=O)OCc2ccccc2)cc1. The molecule has 0 radical (unpaired) electrons. The van der Waals surface area contributed by atoms with Crippen LogP contribution in [0.15, 0.2) is 94.8 Å². The fourth-order valence-electron chi connectivity index (χ4n) is 8.47. The zero-order chi connectivity index (χ0) is 54.7. The number of rotatable bonds is 24.